The number of carbonyl (C=O) groups excluding carboxylic acids is 2. The van der Waals surface area contributed by atoms with E-state index in [1.54, 1.807) is 24.5 Å². The number of amides is 2. The predicted octanol–water partition coefficient (Wildman–Crippen LogP) is 3.55. The van der Waals surface area contributed by atoms with Crippen LogP contribution in [0.2, 0.25) is 0 Å². The van der Waals surface area contributed by atoms with Crippen molar-refractivity contribution in [1.29, 1.82) is 0 Å². The van der Waals surface area contributed by atoms with Gasteiger partial charge in [0, 0.05) is 23.8 Å². The van der Waals surface area contributed by atoms with Gasteiger partial charge in [0.1, 0.15) is 5.00 Å². The molecule has 0 aliphatic rings. The average Bonchev–Trinajstić information content (AvgIpc) is 2.97. The summed E-state index contributed by atoms with van der Waals surface area (Å²) in [7, 11) is 1.32. The van der Waals surface area contributed by atoms with Gasteiger partial charge in [0.05, 0.1) is 12.7 Å². The highest BCUT2D eigenvalue weighted by Gasteiger charge is 2.24. The molecule has 2 heterocycles. The monoisotopic (exact) mass is 347 g/mol. The minimum absolute atomic E-state index is 0.125. The molecule has 0 aliphatic heterocycles. The number of rotatable bonds is 4. The summed E-state index contributed by atoms with van der Waals surface area (Å²) in [6.07, 6.45) is 3.36. The van der Waals surface area contributed by atoms with Crippen LogP contribution >= 0.6 is 11.3 Å². The van der Waals surface area contributed by atoms with E-state index in [9.17, 15) is 9.59 Å². The minimum Gasteiger partial charge on any atom is -0.465 e. The van der Waals surface area contributed by atoms with Crippen LogP contribution in [0.15, 0.2) is 30.6 Å². The van der Waals surface area contributed by atoms with Crippen LogP contribution in [0.4, 0.5) is 9.80 Å². The zero-order chi connectivity index (χ0) is 17.7. The number of pyridine rings is 1. The molecule has 2 rings (SSSR count). The van der Waals surface area contributed by atoms with Crippen molar-refractivity contribution in [1.82, 2.24) is 10.3 Å². The van der Waals surface area contributed by atoms with Crippen molar-refractivity contribution in [3.05, 3.63) is 46.6 Å². The molecule has 0 saturated heterocycles. The van der Waals surface area contributed by atoms with E-state index in [-0.39, 0.29) is 11.4 Å². The number of ether oxygens (including phenoxy) is 1. The molecule has 2 N–H and O–H groups in total. The first kappa shape index (κ1) is 17.9. The lowest BCUT2D eigenvalue weighted by Crippen LogP contribution is -2.28. The number of anilines is 1. The molecule has 24 heavy (non-hydrogen) atoms. The second-order valence-corrected chi connectivity index (χ2v) is 7.32. The van der Waals surface area contributed by atoms with Crippen molar-refractivity contribution in [2.45, 2.75) is 32.7 Å². The van der Waals surface area contributed by atoms with Gasteiger partial charge in [0.25, 0.3) is 0 Å². The minimum atomic E-state index is -0.468. The standard InChI is InChI=1S/C17H21N3O3S/c1-17(2,3)13-8-12(15(21)23-4)14(24-13)20-16(22)19-10-11-6-5-7-18-9-11/h5-9H,10H2,1-4H3,(H2,19,20,22). The van der Waals surface area contributed by atoms with Crippen LogP contribution in [0.25, 0.3) is 0 Å². The van der Waals surface area contributed by atoms with Gasteiger partial charge in [0.15, 0.2) is 0 Å². The first-order valence-corrected chi connectivity index (χ1v) is 8.29. The fraction of sp³-hybridized carbons (Fsp3) is 0.353. The molecule has 2 amide bonds. The van der Waals surface area contributed by atoms with Crippen molar-refractivity contribution in [2.75, 3.05) is 12.4 Å². The van der Waals surface area contributed by atoms with Gasteiger partial charge in [-0.1, -0.05) is 26.8 Å². The van der Waals surface area contributed by atoms with Crippen LogP contribution in [-0.2, 0) is 16.7 Å². The fourth-order valence-corrected chi connectivity index (χ4v) is 3.05. The fourth-order valence-electron chi connectivity index (χ4n) is 1.95. The molecule has 0 saturated carbocycles. The lowest BCUT2D eigenvalue weighted by atomic mass is 9.94. The summed E-state index contributed by atoms with van der Waals surface area (Å²) in [4.78, 5) is 29.0. The SMILES string of the molecule is COC(=O)c1cc(C(C)(C)C)sc1NC(=O)NCc1cccnc1. The van der Waals surface area contributed by atoms with Crippen LogP contribution < -0.4 is 10.6 Å². The van der Waals surface area contributed by atoms with E-state index in [2.05, 4.69) is 15.6 Å². The van der Waals surface area contributed by atoms with Crippen LogP contribution in [0, 0.1) is 0 Å². The molecular weight excluding hydrogens is 326 g/mol. The quantitative estimate of drug-likeness (QED) is 0.829. The summed E-state index contributed by atoms with van der Waals surface area (Å²) >= 11 is 1.38. The van der Waals surface area contributed by atoms with Crippen LogP contribution in [0.3, 0.4) is 0 Å². The average molecular weight is 347 g/mol. The van der Waals surface area contributed by atoms with E-state index < -0.39 is 5.97 Å². The zero-order valence-electron chi connectivity index (χ0n) is 14.2. The normalized spacial score (nSPS) is 11.0. The van der Waals surface area contributed by atoms with Gasteiger partial charge in [-0.3, -0.25) is 10.3 Å². The second kappa shape index (κ2) is 7.44. The van der Waals surface area contributed by atoms with Gasteiger partial charge in [-0.05, 0) is 23.1 Å². The van der Waals surface area contributed by atoms with E-state index in [1.165, 1.54) is 18.4 Å². The van der Waals surface area contributed by atoms with E-state index >= 15 is 0 Å². The number of esters is 1. The lowest BCUT2D eigenvalue weighted by Gasteiger charge is -2.15. The molecule has 7 heteroatoms. The van der Waals surface area contributed by atoms with Crippen molar-refractivity contribution < 1.29 is 14.3 Å². The van der Waals surface area contributed by atoms with Crippen LogP contribution in [0.5, 0.6) is 0 Å². The number of hydrogen-bond acceptors (Lipinski definition) is 5. The number of carbonyl (C=O) groups is 2. The van der Waals surface area contributed by atoms with Gasteiger partial charge in [-0.2, -0.15) is 0 Å². The molecule has 0 bridgehead atoms. The molecule has 0 aromatic carbocycles. The molecule has 0 fully saturated rings. The number of hydrogen-bond donors (Lipinski definition) is 2. The van der Waals surface area contributed by atoms with Gasteiger partial charge in [-0.15, -0.1) is 11.3 Å². The van der Waals surface area contributed by atoms with Crippen LogP contribution in [-0.4, -0.2) is 24.1 Å². The number of nitrogens with one attached hydrogen (secondary N) is 2. The first-order chi connectivity index (χ1) is 11.3. The summed E-state index contributed by atoms with van der Waals surface area (Å²) < 4.78 is 4.80. The second-order valence-electron chi connectivity index (χ2n) is 6.26. The molecule has 6 nitrogen and oxygen atoms in total. The summed E-state index contributed by atoms with van der Waals surface area (Å²) in [6.45, 7) is 6.50. The Morgan fingerprint density at radius 3 is 2.67 bits per heavy atom. The predicted molar refractivity (Wildman–Crippen MR) is 94.5 cm³/mol. The van der Waals surface area contributed by atoms with Gasteiger partial charge >= 0.3 is 12.0 Å². The molecule has 2 aromatic heterocycles. The van der Waals surface area contributed by atoms with E-state index in [4.69, 9.17) is 4.74 Å². The molecule has 0 atom stereocenters. The van der Waals surface area contributed by atoms with Gasteiger partial charge < -0.3 is 10.1 Å². The Morgan fingerprint density at radius 2 is 2.08 bits per heavy atom. The third kappa shape index (κ3) is 4.55. The Morgan fingerprint density at radius 1 is 1.33 bits per heavy atom. The number of methoxy groups -OCH3 is 1. The molecular formula is C17H21N3O3S. The summed E-state index contributed by atoms with van der Waals surface area (Å²) in [5.74, 6) is -0.468. The van der Waals surface area contributed by atoms with Crippen molar-refractivity contribution in [3.8, 4) is 0 Å². The highest BCUT2D eigenvalue weighted by Crippen LogP contribution is 2.36. The molecule has 0 radical (unpaired) electrons. The number of thiophene rings is 1. The third-order valence-electron chi connectivity index (χ3n) is 3.28. The summed E-state index contributed by atoms with van der Waals surface area (Å²) in [5.41, 5.74) is 1.13. The van der Waals surface area contributed by atoms with E-state index in [1.807, 2.05) is 26.8 Å². The Kier molecular flexibility index (Phi) is 5.56. The first-order valence-electron chi connectivity index (χ1n) is 7.47. The summed E-state index contributed by atoms with van der Waals surface area (Å²) in [6, 6.07) is 5.06. The van der Waals surface area contributed by atoms with Crippen molar-refractivity contribution >= 4 is 28.3 Å². The number of urea groups is 1. The summed E-state index contributed by atoms with van der Waals surface area (Å²) in [5, 5.41) is 5.96. The maximum atomic E-state index is 12.1. The Bertz CT molecular complexity index is 720. The number of nitrogens with zero attached hydrogens (tertiary/aromatic N) is 1. The van der Waals surface area contributed by atoms with Crippen LogP contribution in [0.1, 0.15) is 41.6 Å². The Balaban J connectivity index is 2.11. The maximum absolute atomic E-state index is 12.1. The zero-order valence-corrected chi connectivity index (χ0v) is 15.0. The molecule has 0 spiro atoms. The maximum Gasteiger partial charge on any atom is 0.340 e. The lowest BCUT2D eigenvalue weighted by molar-refractivity contribution is 0.0602. The molecule has 128 valence electrons. The third-order valence-corrected chi connectivity index (χ3v) is 4.76. The number of aromatic nitrogens is 1. The highest BCUT2D eigenvalue weighted by atomic mass is 32.1. The molecule has 2 aromatic rings. The van der Waals surface area contributed by atoms with Crippen molar-refractivity contribution in [2.24, 2.45) is 0 Å². The smallest absolute Gasteiger partial charge is 0.340 e. The van der Waals surface area contributed by atoms with E-state index in [0.29, 0.717) is 17.1 Å². The molecule has 0 unspecified atom stereocenters. The largest absolute Gasteiger partial charge is 0.465 e. The van der Waals surface area contributed by atoms with Gasteiger partial charge in [0.2, 0.25) is 0 Å². The van der Waals surface area contributed by atoms with E-state index in [0.717, 1.165) is 10.4 Å². The van der Waals surface area contributed by atoms with Gasteiger partial charge in [-0.25, -0.2) is 9.59 Å². The highest BCUT2D eigenvalue weighted by molar-refractivity contribution is 7.16. The molecule has 0 aliphatic carbocycles. The Hall–Kier alpha value is -2.41. The Labute approximate surface area is 145 Å². The van der Waals surface area contributed by atoms with Crippen molar-refractivity contribution in [3.63, 3.8) is 0 Å². The topological polar surface area (TPSA) is 80.3 Å².